The first kappa shape index (κ1) is 12.8. The Labute approximate surface area is 114 Å². The van der Waals surface area contributed by atoms with Crippen LogP contribution in [0.1, 0.15) is 15.9 Å². The number of benzene rings is 2. The lowest BCUT2D eigenvalue weighted by Crippen LogP contribution is -2.14. The van der Waals surface area contributed by atoms with Gasteiger partial charge in [0.05, 0.1) is 0 Å². The highest BCUT2D eigenvalue weighted by Crippen LogP contribution is 2.21. The van der Waals surface area contributed by atoms with E-state index in [0.717, 1.165) is 15.7 Å². The van der Waals surface area contributed by atoms with Gasteiger partial charge in [0.1, 0.15) is 0 Å². The van der Waals surface area contributed by atoms with E-state index in [1.54, 1.807) is 12.1 Å². The Balaban J connectivity index is 2.22. The molecule has 0 aliphatic carbocycles. The molecule has 92 valence electrons. The number of anilines is 1. The molecule has 2 aromatic rings. The maximum absolute atomic E-state index is 12.0. The number of carbonyl (C=O) groups excluding carboxylic acids is 1. The van der Waals surface area contributed by atoms with Crippen LogP contribution in [-0.4, -0.2) is 5.91 Å². The van der Waals surface area contributed by atoms with E-state index in [4.69, 9.17) is 5.73 Å². The van der Waals surface area contributed by atoms with Crippen LogP contribution in [0, 0.1) is 0 Å². The first-order chi connectivity index (χ1) is 8.70. The van der Waals surface area contributed by atoms with E-state index in [9.17, 15) is 4.79 Å². The summed E-state index contributed by atoms with van der Waals surface area (Å²) < 4.78 is 0.945. The van der Waals surface area contributed by atoms with E-state index in [0.29, 0.717) is 12.1 Å². The highest BCUT2D eigenvalue weighted by Gasteiger charge is 2.08. The summed E-state index contributed by atoms with van der Waals surface area (Å²) in [5.41, 5.74) is 7.93. The molecule has 18 heavy (non-hydrogen) atoms. The van der Waals surface area contributed by atoms with Crippen molar-refractivity contribution in [2.24, 2.45) is 5.73 Å². The number of nitrogens with one attached hydrogen (secondary N) is 1. The number of carbonyl (C=O) groups is 1. The van der Waals surface area contributed by atoms with Crippen molar-refractivity contribution in [3.63, 3.8) is 0 Å². The Morgan fingerprint density at radius 2 is 1.89 bits per heavy atom. The van der Waals surface area contributed by atoms with Gasteiger partial charge in [-0.3, -0.25) is 4.79 Å². The molecule has 0 saturated carbocycles. The number of hydrogen-bond acceptors (Lipinski definition) is 2. The van der Waals surface area contributed by atoms with Crippen molar-refractivity contribution in [1.29, 1.82) is 0 Å². The fourth-order valence-electron chi connectivity index (χ4n) is 1.64. The molecule has 0 aromatic heterocycles. The molecule has 3 N–H and O–H groups in total. The zero-order valence-electron chi connectivity index (χ0n) is 9.69. The molecule has 0 fully saturated rings. The van der Waals surface area contributed by atoms with E-state index in [2.05, 4.69) is 21.2 Å². The molecule has 0 aliphatic rings. The lowest BCUT2D eigenvalue weighted by atomic mass is 10.1. The third-order valence-electron chi connectivity index (χ3n) is 2.57. The molecule has 2 aromatic carbocycles. The monoisotopic (exact) mass is 304 g/mol. The zero-order valence-corrected chi connectivity index (χ0v) is 11.3. The average molecular weight is 305 g/mol. The van der Waals surface area contributed by atoms with Gasteiger partial charge in [-0.05, 0) is 35.9 Å². The van der Waals surface area contributed by atoms with Gasteiger partial charge in [0, 0.05) is 22.3 Å². The number of hydrogen-bond donors (Lipinski definition) is 2. The third kappa shape index (κ3) is 2.97. The summed E-state index contributed by atoms with van der Waals surface area (Å²) in [6.45, 7) is 0.379. The molecule has 0 aliphatic heterocycles. The predicted molar refractivity (Wildman–Crippen MR) is 76.4 cm³/mol. The van der Waals surface area contributed by atoms with Crippen molar-refractivity contribution >= 4 is 27.5 Å². The number of nitrogens with two attached hydrogens (primary N) is 1. The molecule has 0 heterocycles. The topological polar surface area (TPSA) is 55.1 Å². The Morgan fingerprint density at radius 1 is 1.17 bits per heavy atom. The molecular weight excluding hydrogens is 292 g/mol. The standard InChI is InChI=1S/C14H13BrN2O/c15-12-6-7-13(11(8-12)9-16)17-14(18)10-4-2-1-3-5-10/h1-8H,9,16H2,(H,17,18). The minimum Gasteiger partial charge on any atom is -0.326 e. The van der Waals surface area contributed by atoms with Crippen molar-refractivity contribution in [3.8, 4) is 0 Å². The maximum Gasteiger partial charge on any atom is 0.255 e. The van der Waals surface area contributed by atoms with E-state index < -0.39 is 0 Å². The van der Waals surface area contributed by atoms with Gasteiger partial charge in [-0.1, -0.05) is 34.1 Å². The summed E-state index contributed by atoms with van der Waals surface area (Å²) in [5, 5.41) is 2.87. The van der Waals surface area contributed by atoms with Crippen molar-refractivity contribution in [2.45, 2.75) is 6.54 Å². The van der Waals surface area contributed by atoms with Crippen LogP contribution in [0.25, 0.3) is 0 Å². The lowest BCUT2D eigenvalue weighted by Gasteiger charge is -2.10. The minimum atomic E-state index is -0.132. The van der Waals surface area contributed by atoms with Crippen LogP contribution in [0.3, 0.4) is 0 Å². The lowest BCUT2D eigenvalue weighted by molar-refractivity contribution is 0.102. The second kappa shape index (κ2) is 5.80. The summed E-state index contributed by atoms with van der Waals surface area (Å²) in [6.07, 6.45) is 0. The molecule has 0 spiro atoms. The summed E-state index contributed by atoms with van der Waals surface area (Å²) >= 11 is 3.38. The molecular formula is C14H13BrN2O. The molecule has 3 nitrogen and oxygen atoms in total. The highest BCUT2D eigenvalue weighted by atomic mass is 79.9. The smallest absolute Gasteiger partial charge is 0.255 e. The predicted octanol–water partition coefficient (Wildman–Crippen LogP) is 3.16. The molecule has 4 heteroatoms. The average Bonchev–Trinajstić information content (AvgIpc) is 2.41. The Morgan fingerprint density at radius 3 is 2.56 bits per heavy atom. The fourth-order valence-corrected chi connectivity index (χ4v) is 2.05. The normalized spacial score (nSPS) is 10.1. The first-order valence-electron chi connectivity index (χ1n) is 5.55. The van der Waals surface area contributed by atoms with Crippen molar-refractivity contribution < 1.29 is 4.79 Å². The van der Waals surface area contributed by atoms with Crippen LogP contribution in [0.4, 0.5) is 5.69 Å². The van der Waals surface area contributed by atoms with Gasteiger partial charge in [-0.15, -0.1) is 0 Å². The molecule has 0 unspecified atom stereocenters. The van der Waals surface area contributed by atoms with Crippen molar-refractivity contribution in [2.75, 3.05) is 5.32 Å². The Hall–Kier alpha value is -1.65. The first-order valence-corrected chi connectivity index (χ1v) is 6.35. The quantitative estimate of drug-likeness (QED) is 0.915. The van der Waals surface area contributed by atoms with Crippen molar-refractivity contribution in [1.82, 2.24) is 0 Å². The fraction of sp³-hybridized carbons (Fsp3) is 0.0714. The number of amides is 1. The van der Waals surface area contributed by atoms with Gasteiger partial charge in [0.15, 0.2) is 0 Å². The Bertz CT molecular complexity index is 555. The van der Waals surface area contributed by atoms with Gasteiger partial charge < -0.3 is 11.1 Å². The molecule has 1 amide bonds. The number of rotatable bonds is 3. The Kier molecular flexibility index (Phi) is 4.12. The van der Waals surface area contributed by atoms with Gasteiger partial charge in [0.25, 0.3) is 5.91 Å². The zero-order chi connectivity index (χ0) is 13.0. The maximum atomic E-state index is 12.0. The largest absolute Gasteiger partial charge is 0.326 e. The SMILES string of the molecule is NCc1cc(Br)ccc1NC(=O)c1ccccc1. The van der Waals surface area contributed by atoms with Gasteiger partial charge in [-0.2, -0.15) is 0 Å². The van der Waals surface area contributed by atoms with Gasteiger partial charge in [-0.25, -0.2) is 0 Å². The third-order valence-corrected chi connectivity index (χ3v) is 3.06. The summed E-state index contributed by atoms with van der Waals surface area (Å²) in [5.74, 6) is -0.132. The van der Waals surface area contributed by atoms with Gasteiger partial charge in [0.2, 0.25) is 0 Å². The van der Waals surface area contributed by atoms with Crippen LogP contribution in [0.5, 0.6) is 0 Å². The molecule has 0 bridgehead atoms. The summed E-state index contributed by atoms with van der Waals surface area (Å²) in [7, 11) is 0. The van der Waals surface area contributed by atoms with E-state index >= 15 is 0 Å². The minimum absolute atomic E-state index is 0.132. The summed E-state index contributed by atoms with van der Waals surface area (Å²) in [4.78, 5) is 12.0. The van der Waals surface area contributed by atoms with E-state index in [1.165, 1.54) is 0 Å². The highest BCUT2D eigenvalue weighted by molar-refractivity contribution is 9.10. The van der Waals surface area contributed by atoms with E-state index in [1.807, 2.05) is 36.4 Å². The second-order valence-corrected chi connectivity index (χ2v) is 4.74. The molecule has 0 radical (unpaired) electrons. The van der Waals surface area contributed by atoms with Crippen LogP contribution in [0.15, 0.2) is 53.0 Å². The summed E-state index contributed by atoms with van der Waals surface area (Å²) in [6, 6.07) is 14.7. The van der Waals surface area contributed by atoms with Crippen molar-refractivity contribution in [3.05, 3.63) is 64.1 Å². The molecule has 0 saturated heterocycles. The number of halogens is 1. The van der Waals surface area contributed by atoms with Crippen LogP contribution < -0.4 is 11.1 Å². The van der Waals surface area contributed by atoms with Crippen LogP contribution in [0.2, 0.25) is 0 Å². The second-order valence-electron chi connectivity index (χ2n) is 3.83. The van der Waals surface area contributed by atoms with Crippen LogP contribution in [-0.2, 0) is 6.54 Å². The van der Waals surface area contributed by atoms with E-state index in [-0.39, 0.29) is 5.91 Å². The van der Waals surface area contributed by atoms with Crippen LogP contribution >= 0.6 is 15.9 Å². The molecule has 0 atom stereocenters. The van der Waals surface area contributed by atoms with Gasteiger partial charge >= 0.3 is 0 Å². The molecule has 2 rings (SSSR count).